The van der Waals surface area contributed by atoms with Crippen LogP contribution in [0.1, 0.15) is 0 Å². The lowest BCUT2D eigenvalue weighted by molar-refractivity contribution is 0.627. The van der Waals surface area contributed by atoms with Crippen molar-refractivity contribution >= 4 is 44.9 Å². The topological polar surface area (TPSA) is 49.8 Å². The van der Waals surface area contributed by atoms with E-state index in [2.05, 4.69) is 36.5 Å². The van der Waals surface area contributed by atoms with Crippen LogP contribution >= 0.6 is 27.5 Å². The van der Waals surface area contributed by atoms with Crippen LogP contribution in [0.5, 0.6) is 0 Å². The molecule has 0 spiro atoms. The zero-order chi connectivity index (χ0) is 13.1. The van der Waals surface area contributed by atoms with Gasteiger partial charge in [-0.2, -0.15) is 0 Å². The number of hydrogen-bond acceptors (Lipinski definition) is 4. The second-order valence-corrected chi connectivity index (χ2v) is 4.67. The van der Waals surface area contributed by atoms with Crippen LogP contribution in [-0.4, -0.2) is 17.0 Å². The highest BCUT2D eigenvalue weighted by molar-refractivity contribution is 9.10. The van der Waals surface area contributed by atoms with E-state index >= 15 is 0 Å². The maximum absolute atomic E-state index is 13.1. The minimum atomic E-state index is -0.406. The highest BCUT2D eigenvalue weighted by Crippen LogP contribution is 2.33. The normalized spacial score (nSPS) is 10.2. The van der Waals surface area contributed by atoms with Crippen LogP contribution in [0.25, 0.3) is 0 Å². The Hall–Kier alpha value is -1.40. The molecule has 1 heterocycles. The molecule has 94 valence electrons. The predicted molar refractivity (Wildman–Crippen MR) is 74.0 cm³/mol. The molecule has 0 atom stereocenters. The molecule has 7 heteroatoms. The quantitative estimate of drug-likeness (QED) is 0.898. The Kier molecular flexibility index (Phi) is 3.98. The van der Waals surface area contributed by atoms with Crippen LogP contribution in [0.3, 0.4) is 0 Å². The van der Waals surface area contributed by atoms with Gasteiger partial charge in [-0.05, 0) is 28.1 Å². The molecule has 2 rings (SSSR count). The fourth-order valence-electron chi connectivity index (χ4n) is 1.35. The van der Waals surface area contributed by atoms with Crippen LogP contribution in [0.4, 0.5) is 21.7 Å². The van der Waals surface area contributed by atoms with Crippen LogP contribution in [0.2, 0.25) is 5.02 Å². The van der Waals surface area contributed by atoms with Gasteiger partial charge in [-0.1, -0.05) is 11.6 Å². The Morgan fingerprint density at radius 2 is 1.94 bits per heavy atom. The second kappa shape index (κ2) is 5.49. The number of hydrogen-bond donors (Lipinski definition) is 2. The number of halogens is 3. The van der Waals surface area contributed by atoms with Crippen molar-refractivity contribution < 1.29 is 4.39 Å². The first-order valence-electron chi connectivity index (χ1n) is 5.01. The van der Waals surface area contributed by atoms with Gasteiger partial charge in [-0.15, -0.1) is 0 Å². The smallest absolute Gasteiger partial charge is 0.135 e. The van der Waals surface area contributed by atoms with Crippen LogP contribution in [0, 0.1) is 5.82 Å². The van der Waals surface area contributed by atoms with Crippen LogP contribution < -0.4 is 10.6 Å². The Labute approximate surface area is 117 Å². The van der Waals surface area contributed by atoms with E-state index in [0.29, 0.717) is 21.8 Å². The molecule has 0 saturated carbocycles. The highest BCUT2D eigenvalue weighted by atomic mass is 79.9. The summed E-state index contributed by atoms with van der Waals surface area (Å²) < 4.78 is 13.6. The number of aromatic nitrogens is 2. The summed E-state index contributed by atoms with van der Waals surface area (Å²) in [6, 6.07) is 4.27. The summed E-state index contributed by atoms with van der Waals surface area (Å²) >= 11 is 9.21. The molecule has 1 aromatic carbocycles. The summed E-state index contributed by atoms with van der Waals surface area (Å²) in [5.41, 5.74) is 0.554. The number of nitrogens with one attached hydrogen (secondary N) is 2. The van der Waals surface area contributed by atoms with Gasteiger partial charge < -0.3 is 10.6 Å². The molecule has 2 aromatic rings. The van der Waals surface area contributed by atoms with Gasteiger partial charge in [0, 0.05) is 17.6 Å². The molecule has 0 bridgehead atoms. The van der Waals surface area contributed by atoms with Gasteiger partial charge >= 0.3 is 0 Å². The van der Waals surface area contributed by atoms with Gasteiger partial charge in [0.15, 0.2) is 0 Å². The third-order valence-electron chi connectivity index (χ3n) is 2.18. The lowest BCUT2D eigenvalue weighted by atomic mass is 10.3. The van der Waals surface area contributed by atoms with Gasteiger partial charge in [-0.3, -0.25) is 0 Å². The maximum Gasteiger partial charge on any atom is 0.135 e. The molecule has 0 amide bonds. The first-order chi connectivity index (χ1) is 8.60. The second-order valence-electron chi connectivity index (χ2n) is 3.41. The standard InChI is InChI=1S/C11H9BrClFN4/c1-15-9-4-10(17-5-16-9)18-11-7(12)2-6(14)3-8(11)13/h2-5H,1H3,(H2,15,16,17,18). The van der Waals surface area contributed by atoms with E-state index in [0.717, 1.165) is 0 Å². The van der Waals surface area contributed by atoms with E-state index in [1.54, 1.807) is 13.1 Å². The van der Waals surface area contributed by atoms with Crippen molar-refractivity contribution in [3.8, 4) is 0 Å². The number of anilines is 3. The summed E-state index contributed by atoms with van der Waals surface area (Å²) in [4.78, 5) is 8.04. The summed E-state index contributed by atoms with van der Waals surface area (Å²) in [5, 5.41) is 6.17. The van der Waals surface area contributed by atoms with Crippen LogP contribution in [-0.2, 0) is 0 Å². The first-order valence-corrected chi connectivity index (χ1v) is 6.18. The number of nitrogens with zero attached hydrogens (tertiary/aromatic N) is 2. The monoisotopic (exact) mass is 330 g/mol. The largest absolute Gasteiger partial charge is 0.373 e. The summed E-state index contributed by atoms with van der Waals surface area (Å²) in [5.74, 6) is 0.821. The fourth-order valence-corrected chi connectivity index (χ4v) is 2.25. The Balaban J connectivity index is 2.33. The van der Waals surface area contributed by atoms with Crippen LogP contribution in [0.15, 0.2) is 29.0 Å². The number of benzene rings is 1. The third kappa shape index (κ3) is 2.88. The average molecular weight is 332 g/mol. The van der Waals surface area contributed by atoms with Crippen molar-refractivity contribution in [2.24, 2.45) is 0 Å². The van der Waals surface area contributed by atoms with Crippen molar-refractivity contribution in [2.75, 3.05) is 17.7 Å². The van der Waals surface area contributed by atoms with Crippen molar-refractivity contribution in [2.45, 2.75) is 0 Å². The lowest BCUT2D eigenvalue weighted by Crippen LogP contribution is -1.99. The molecule has 0 aliphatic carbocycles. The molecule has 18 heavy (non-hydrogen) atoms. The molecule has 1 aromatic heterocycles. The van der Waals surface area contributed by atoms with Gasteiger partial charge in [0.1, 0.15) is 23.8 Å². The molecule has 0 aliphatic rings. The minimum absolute atomic E-state index is 0.270. The summed E-state index contributed by atoms with van der Waals surface area (Å²) in [6.07, 6.45) is 1.42. The van der Waals surface area contributed by atoms with Gasteiger partial charge in [0.05, 0.1) is 10.7 Å². The zero-order valence-corrected chi connectivity index (χ0v) is 11.7. The molecule has 0 aliphatic heterocycles. The molecule has 0 fully saturated rings. The van der Waals surface area contributed by atoms with Crippen molar-refractivity contribution in [3.63, 3.8) is 0 Å². The Morgan fingerprint density at radius 3 is 2.61 bits per heavy atom. The van der Waals surface area contributed by atoms with Gasteiger partial charge in [-0.25, -0.2) is 14.4 Å². The predicted octanol–water partition coefficient (Wildman–Crippen LogP) is 3.82. The first kappa shape index (κ1) is 13.0. The van der Waals surface area contributed by atoms with Crippen molar-refractivity contribution in [3.05, 3.63) is 39.8 Å². The van der Waals surface area contributed by atoms with Crippen molar-refractivity contribution in [1.29, 1.82) is 0 Å². The molecule has 2 N–H and O–H groups in total. The van der Waals surface area contributed by atoms with E-state index in [4.69, 9.17) is 11.6 Å². The molecule has 4 nitrogen and oxygen atoms in total. The molecule has 0 radical (unpaired) electrons. The molecule has 0 saturated heterocycles. The minimum Gasteiger partial charge on any atom is -0.373 e. The van der Waals surface area contributed by atoms with E-state index in [1.165, 1.54) is 18.5 Å². The van der Waals surface area contributed by atoms with E-state index in [-0.39, 0.29) is 5.02 Å². The van der Waals surface area contributed by atoms with E-state index in [9.17, 15) is 4.39 Å². The third-order valence-corrected chi connectivity index (χ3v) is 3.11. The number of rotatable bonds is 3. The molecular formula is C11H9BrClFN4. The van der Waals surface area contributed by atoms with Gasteiger partial charge in [0.2, 0.25) is 0 Å². The lowest BCUT2D eigenvalue weighted by Gasteiger charge is -2.10. The zero-order valence-electron chi connectivity index (χ0n) is 9.34. The Bertz CT molecular complexity index is 556. The fraction of sp³-hybridized carbons (Fsp3) is 0.0909. The Morgan fingerprint density at radius 1 is 1.22 bits per heavy atom. The van der Waals surface area contributed by atoms with E-state index in [1.807, 2.05) is 0 Å². The SMILES string of the molecule is CNc1cc(Nc2c(Cl)cc(F)cc2Br)ncn1. The average Bonchev–Trinajstić information content (AvgIpc) is 2.34. The molecule has 0 unspecified atom stereocenters. The summed E-state index contributed by atoms with van der Waals surface area (Å²) in [6.45, 7) is 0. The van der Waals surface area contributed by atoms with Gasteiger partial charge in [0.25, 0.3) is 0 Å². The molecular weight excluding hydrogens is 323 g/mol. The maximum atomic E-state index is 13.1. The van der Waals surface area contributed by atoms with E-state index < -0.39 is 5.82 Å². The van der Waals surface area contributed by atoms with Crippen molar-refractivity contribution in [1.82, 2.24) is 9.97 Å². The highest BCUT2D eigenvalue weighted by Gasteiger charge is 2.09. The summed E-state index contributed by atoms with van der Waals surface area (Å²) in [7, 11) is 1.76.